The van der Waals surface area contributed by atoms with Crippen molar-refractivity contribution in [3.63, 3.8) is 0 Å². The molecule has 0 aliphatic rings. The lowest BCUT2D eigenvalue weighted by molar-refractivity contribution is -0.386. The third-order valence-electron chi connectivity index (χ3n) is 5.65. The van der Waals surface area contributed by atoms with Crippen molar-refractivity contribution in [3.05, 3.63) is 133 Å². The fourth-order valence-electron chi connectivity index (χ4n) is 3.82. The number of nitro groups is 1. The van der Waals surface area contributed by atoms with Gasteiger partial charge in [-0.3, -0.25) is 14.9 Å². The van der Waals surface area contributed by atoms with E-state index in [9.17, 15) is 19.3 Å². The number of nitro benzene ring substituents is 1. The Bertz CT molecular complexity index is 1740. The van der Waals surface area contributed by atoms with Gasteiger partial charge in [0.25, 0.3) is 5.56 Å². The first-order valence-electron chi connectivity index (χ1n) is 11.4. The molecule has 38 heavy (non-hydrogen) atoms. The van der Waals surface area contributed by atoms with Gasteiger partial charge >= 0.3 is 5.69 Å². The lowest BCUT2D eigenvalue weighted by atomic mass is 10.2. The van der Waals surface area contributed by atoms with E-state index in [0.29, 0.717) is 37.9 Å². The van der Waals surface area contributed by atoms with Crippen LogP contribution in [0.4, 0.5) is 10.1 Å². The Balaban J connectivity index is 1.54. The molecular formula is C28H18BrFN4O4. The molecule has 10 heteroatoms. The zero-order valence-electron chi connectivity index (χ0n) is 19.6. The summed E-state index contributed by atoms with van der Waals surface area (Å²) in [7, 11) is 0. The van der Waals surface area contributed by atoms with E-state index in [1.165, 1.54) is 41.2 Å². The zero-order chi connectivity index (χ0) is 26.6. The van der Waals surface area contributed by atoms with E-state index in [4.69, 9.17) is 4.74 Å². The van der Waals surface area contributed by atoms with E-state index in [1.54, 1.807) is 30.3 Å². The molecule has 0 bridgehead atoms. The summed E-state index contributed by atoms with van der Waals surface area (Å²) in [5.74, 6) is -0.0370. The first kappa shape index (κ1) is 25.0. The minimum Gasteiger partial charge on any atom is -0.481 e. The number of hydrogen-bond donors (Lipinski definition) is 0. The van der Waals surface area contributed by atoms with Gasteiger partial charge in [0.2, 0.25) is 5.75 Å². The summed E-state index contributed by atoms with van der Waals surface area (Å²) in [6.07, 6.45) is 1.35. The molecule has 1 heterocycles. The van der Waals surface area contributed by atoms with Crippen LogP contribution in [0.25, 0.3) is 22.3 Å². The maximum Gasteiger partial charge on any atom is 0.312 e. The minimum absolute atomic E-state index is 0.00570. The first-order valence-corrected chi connectivity index (χ1v) is 12.2. The number of fused-ring (bicyclic) bond motifs is 1. The van der Waals surface area contributed by atoms with Crippen LogP contribution < -0.4 is 10.3 Å². The van der Waals surface area contributed by atoms with Crippen molar-refractivity contribution in [2.45, 2.75) is 6.61 Å². The molecule has 0 fully saturated rings. The molecule has 5 rings (SSSR count). The van der Waals surface area contributed by atoms with Crippen molar-refractivity contribution in [1.82, 2.24) is 9.66 Å². The molecule has 0 saturated heterocycles. The summed E-state index contributed by atoms with van der Waals surface area (Å²) in [4.78, 5) is 29.2. The summed E-state index contributed by atoms with van der Waals surface area (Å²) in [6.45, 7) is 0.00570. The van der Waals surface area contributed by atoms with Crippen LogP contribution in [0.5, 0.6) is 5.75 Å². The highest BCUT2D eigenvalue weighted by Gasteiger charge is 2.20. The number of ether oxygens (including phenoxy) is 1. The number of aromatic nitrogens is 2. The summed E-state index contributed by atoms with van der Waals surface area (Å²) in [5.41, 5.74) is 1.55. The smallest absolute Gasteiger partial charge is 0.312 e. The third-order valence-corrected chi connectivity index (χ3v) is 6.24. The number of benzene rings is 4. The Morgan fingerprint density at radius 1 is 1.03 bits per heavy atom. The van der Waals surface area contributed by atoms with Crippen LogP contribution in [-0.4, -0.2) is 20.8 Å². The van der Waals surface area contributed by atoms with Crippen molar-refractivity contribution in [1.29, 1.82) is 0 Å². The third kappa shape index (κ3) is 5.21. The molecule has 0 radical (unpaired) electrons. The van der Waals surface area contributed by atoms with Gasteiger partial charge in [-0.05, 0) is 51.8 Å². The van der Waals surface area contributed by atoms with E-state index >= 15 is 0 Å². The second kappa shape index (κ2) is 10.7. The van der Waals surface area contributed by atoms with E-state index in [-0.39, 0.29) is 29.4 Å². The molecule has 0 atom stereocenters. The van der Waals surface area contributed by atoms with Gasteiger partial charge in [0.05, 0.1) is 26.5 Å². The van der Waals surface area contributed by atoms with Gasteiger partial charge in [0, 0.05) is 17.2 Å². The topological polar surface area (TPSA) is 99.6 Å². The number of nitrogens with zero attached hydrogens (tertiary/aromatic N) is 4. The van der Waals surface area contributed by atoms with Crippen LogP contribution in [0.3, 0.4) is 0 Å². The Hall–Kier alpha value is -4.70. The van der Waals surface area contributed by atoms with Crippen LogP contribution in [0, 0.1) is 15.9 Å². The first-order chi connectivity index (χ1) is 18.4. The maximum absolute atomic E-state index is 13.3. The number of hydrogen-bond acceptors (Lipinski definition) is 6. The fraction of sp³-hybridized carbons (Fsp3) is 0.0357. The Morgan fingerprint density at radius 2 is 1.74 bits per heavy atom. The van der Waals surface area contributed by atoms with Gasteiger partial charge in [0.15, 0.2) is 5.82 Å². The van der Waals surface area contributed by atoms with Gasteiger partial charge in [-0.25, -0.2) is 9.37 Å². The van der Waals surface area contributed by atoms with Gasteiger partial charge in [-0.1, -0.05) is 54.6 Å². The summed E-state index contributed by atoms with van der Waals surface area (Å²) in [5, 5.41) is 16.6. The zero-order valence-corrected chi connectivity index (χ0v) is 21.2. The van der Waals surface area contributed by atoms with E-state index in [0.717, 1.165) is 0 Å². The predicted molar refractivity (Wildman–Crippen MR) is 146 cm³/mol. The summed E-state index contributed by atoms with van der Waals surface area (Å²) in [6, 6.07) is 24.7. The molecule has 0 amide bonds. The number of para-hydroxylation sites is 1. The van der Waals surface area contributed by atoms with Crippen LogP contribution >= 0.6 is 15.9 Å². The van der Waals surface area contributed by atoms with Crippen molar-refractivity contribution in [3.8, 4) is 17.1 Å². The average molecular weight is 573 g/mol. The normalized spacial score (nSPS) is 11.2. The summed E-state index contributed by atoms with van der Waals surface area (Å²) < 4.78 is 20.4. The molecule has 1 aromatic heterocycles. The number of halogens is 2. The van der Waals surface area contributed by atoms with Crippen molar-refractivity contribution in [2.75, 3.05) is 0 Å². The summed E-state index contributed by atoms with van der Waals surface area (Å²) >= 11 is 3.34. The monoisotopic (exact) mass is 572 g/mol. The van der Waals surface area contributed by atoms with E-state index in [1.807, 2.05) is 30.3 Å². The highest BCUT2D eigenvalue weighted by atomic mass is 79.9. The number of rotatable bonds is 7. The lowest BCUT2D eigenvalue weighted by Crippen LogP contribution is -2.20. The van der Waals surface area contributed by atoms with Crippen LogP contribution in [0.15, 0.2) is 105 Å². The Labute approximate surface area is 223 Å². The van der Waals surface area contributed by atoms with Gasteiger partial charge in [-0.15, -0.1) is 0 Å². The van der Waals surface area contributed by atoms with Gasteiger partial charge in [-0.2, -0.15) is 9.78 Å². The average Bonchev–Trinajstić information content (AvgIpc) is 2.93. The molecule has 8 nitrogen and oxygen atoms in total. The van der Waals surface area contributed by atoms with E-state index in [2.05, 4.69) is 26.0 Å². The maximum atomic E-state index is 13.3. The Kier molecular flexibility index (Phi) is 7.05. The van der Waals surface area contributed by atoms with Gasteiger partial charge in [0.1, 0.15) is 12.4 Å². The minimum atomic E-state index is -0.568. The molecule has 188 valence electrons. The molecule has 0 unspecified atom stereocenters. The largest absolute Gasteiger partial charge is 0.481 e. The van der Waals surface area contributed by atoms with E-state index < -0.39 is 4.92 Å². The molecule has 0 aliphatic heterocycles. The quantitative estimate of drug-likeness (QED) is 0.129. The SMILES string of the molecule is O=c1c2ccccc2nc(-c2ccccc2)n1N=Cc1cc(Br)c(OCc2ccc(F)cc2)c([N+](=O)[O-])c1. The molecule has 0 spiro atoms. The standard InChI is InChI=1S/C28H18BrFN4O4/c29-23-14-19(15-25(34(36)37)26(23)38-17-18-10-12-21(30)13-11-18)16-31-33-27(20-6-2-1-3-7-20)32-24-9-5-4-8-22(24)28(33)35/h1-16H,17H2. The van der Waals surface area contributed by atoms with Crippen molar-refractivity contribution < 1.29 is 14.1 Å². The van der Waals surface area contributed by atoms with Crippen LogP contribution in [-0.2, 0) is 6.61 Å². The molecule has 4 aromatic carbocycles. The molecule has 0 aliphatic carbocycles. The second-order valence-corrected chi connectivity index (χ2v) is 9.06. The van der Waals surface area contributed by atoms with Crippen molar-refractivity contribution >= 4 is 38.7 Å². The second-order valence-electron chi connectivity index (χ2n) is 8.20. The molecule has 0 N–H and O–H groups in total. The molecule has 0 saturated carbocycles. The molecular weight excluding hydrogens is 555 g/mol. The highest BCUT2D eigenvalue weighted by Crippen LogP contribution is 2.36. The van der Waals surface area contributed by atoms with Crippen molar-refractivity contribution in [2.24, 2.45) is 5.10 Å². The Morgan fingerprint density at radius 3 is 2.47 bits per heavy atom. The van der Waals surface area contributed by atoms with Crippen LogP contribution in [0.2, 0.25) is 0 Å². The van der Waals surface area contributed by atoms with Gasteiger partial charge < -0.3 is 4.74 Å². The lowest BCUT2D eigenvalue weighted by Gasteiger charge is -2.11. The van der Waals surface area contributed by atoms with Crippen LogP contribution in [0.1, 0.15) is 11.1 Å². The predicted octanol–water partition coefficient (Wildman–Crippen LogP) is 6.33. The fourth-order valence-corrected chi connectivity index (χ4v) is 4.40. The highest BCUT2D eigenvalue weighted by molar-refractivity contribution is 9.10. The molecule has 5 aromatic rings.